The number of likely N-dealkylation sites (tertiary alicyclic amines) is 1. The van der Waals surface area contributed by atoms with Gasteiger partial charge >= 0.3 is 0 Å². The van der Waals surface area contributed by atoms with Gasteiger partial charge in [0.05, 0.1) is 24.2 Å². The van der Waals surface area contributed by atoms with Crippen molar-refractivity contribution in [3.8, 4) is 0 Å². The number of fused-ring (bicyclic) bond motifs is 1. The fourth-order valence-corrected chi connectivity index (χ4v) is 3.19. The molecule has 7 heteroatoms. The highest BCUT2D eigenvalue weighted by Crippen LogP contribution is 2.38. The second kappa shape index (κ2) is 6.28. The van der Waals surface area contributed by atoms with Crippen LogP contribution in [0, 0.1) is 5.92 Å². The van der Waals surface area contributed by atoms with Gasteiger partial charge in [0.25, 0.3) is 0 Å². The number of halogens is 1. The molecule has 2 saturated heterocycles. The molecule has 2 aliphatic heterocycles. The lowest BCUT2D eigenvalue weighted by molar-refractivity contribution is -0.137. The minimum atomic E-state index is -0.815. The highest BCUT2D eigenvalue weighted by Gasteiger charge is 2.44. The molecule has 2 rings (SSSR count). The number of primary amides is 1. The summed E-state index contributed by atoms with van der Waals surface area (Å²) in [5.74, 6) is -0.350. The second-order valence-electron chi connectivity index (χ2n) is 6.23. The maximum atomic E-state index is 12.1. The van der Waals surface area contributed by atoms with Crippen molar-refractivity contribution >= 4 is 24.2 Å². The van der Waals surface area contributed by atoms with Crippen LogP contribution in [0.25, 0.3) is 0 Å². The number of hydrogen-bond acceptors (Lipinski definition) is 4. The molecule has 0 unspecified atom stereocenters. The van der Waals surface area contributed by atoms with Crippen LogP contribution in [-0.4, -0.2) is 47.6 Å². The average Bonchev–Trinajstić information content (AvgIpc) is 2.59. The molecular formula is C13H24ClN3O3. The van der Waals surface area contributed by atoms with Crippen molar-refractivity contribution in [2.45, 2.75) is 50.9 Å². The van der Waals surface area contributed by atoms with Crippen molar-refractivity contribution < 1.29 is 14.3 Å². The van der Waals surface area contributed by atoms with Gasteiger partial charge in [0.2, 0.25) is 11.8 Å². The molecular weight excluding hydrogens is 282 g/mol. The zero-order chi connectivity index (χ0) is 14.2. The maximum Gasteiger partial charge on any atom is 0.240 e. The Labute approximate surface area is 125 Å². The summed E-state index contributed by atoms with van der Waals surface area (Å²) in [6.07, 6.45) is 1.94. The van der Waals surface area contributed by atoms with Gasteiger partial charge in [-0.15, -0.1) is 12.4 Å². The smallest absolute Gasteiger partial charge is 0.240 e. The van der Waals surface area contributed by atoms with Crippen molar-refractivity contribution in [3.05, 3.63) is 0 Å². The van der Waals surface area contributed by atoms with E-state index in [2.05, 4.69) is 13.8 Å². The number of rotatable bonds is 3. The quantitative estimate of drug-likeness (QED) is 0.768. The van der Waals surface area contributed by atoms with E-state index >= 15 is 0 Å². The summed E-state index contributed by atoms with van der Waals surface area (Å²) >= 11 is 0. The summed E-state index contributed by atoms with van der Waals surface area (Å²) < 4.78 is 5.96. The lowest BCUT2D eigenvalue weighted by atomic mass is 9.89. The van der Waals surface area contributed by atoms with E-state index in [1.807, 2.05) is 0 Å². The van der Waals surface area contributed by atoms with Crippen LogP contribution in [0.1, 0.15) is 33.1 Å². The van der Waals surface area contributed by atoms with Crippen molar-refractivity contribution in [1.29, 1.82) is 0 Å². The second-order valence-corrected chi connectivity index (χ2v) is 6.23. The summed E-state index contributed by atoms with van der Waals surface area (Å²) in [7, 11) is 0. The third-order valence-corrected chi connectivity index (χ3v) is 3.94. The van der Waals surface area contributed by atoms with Gasteiger partial charge in [-0.2, -0.15) is 0 Å². The third kappa shape index (κ3) is 3.84. The molecule has 20 heavy (non-hydrogen) atoms. The first-order chi connectivity index (χ1) is 8.78. The van der Waals surface area contributed by atoms with Gasteiger partial charge in [0.15, 0.2) is 0 Å². The molecule has 6 nitrogen and oxygen atoms in total. The normalized spacial score (nSPS) is 29.2. The minimum absolute atomic E-state index is 0. The van der Waals surface area contributed by atoms with Crippen LogP contribution < -0.4 is 11.5 Å². The molecule has 0 aromatic rings. The molecule has 0 spiro atoms. The van der Waals surface area contributed by atoms with Crippen LogP contribution >= 0.6 is 12.4 Å². The number of ether oxygens (including phenoxy) is 1. The van der Waals surface area contributed by atoms with Crippen LogP contribution in [0.2, 0.25) is 0 Å². The van der Waals surface area contributed by atoms with E-state index in [4.69, 9.17) is 16.2 Å². The number of carbonyl (C=O) groups excluding carboxylic acids is 2. The zero-order valence-electron chi connectivity index (χ0n) is 12.0. The van der Waals surface area contributed by atoms with Crippen LogP contribution in [0.4, 0.5) is 0 Å². The number of piperidine rings is 1. The van der Waals surface area contributed by atoms with Crippen molar-refractivity contribution in [3.63, 3.8) is 0 Å². The van der Waals surface area contributed by atoms with E-state index in [9.17, 15) is 9.59 Å². The number of nitrogens with zero attached hydrogens (tertiary/aromatic N) is 1. The maximum absolute atomic E-state index is 12.1. The van der Waals surface area contributed by atoms with Gasteiger partial charge < -0.3 is 21.1 Å². The van der Waals surface area contributed by atoms with E-state index in [0.29, 0.717) is 19.0 Å². The molecule has 2 heterocycles. The SMILES string of the molecule is CC1(C)C[C@@H]2CN(C(=O)[C@H](N)CC(N)=O)CC[C@@H]2O1.Cl. The molecule has 0 aromatic carbocycles. The van der Waals surface area contributed by atoms with Crippen LogP contribution in [0.5, 0.6) is 0 Å². The fourth-order valence-electron chi connectivity index (χ4n) is 3.19. The monoisotopic (exact) mass is 305 g/mol. The van der Waals surface area contributed by atoms with Gasteiger partial charge in [0, 0.05) is 19.0 Å². The first kappa shape index (κ1) is 17.2. The Kier molecular flexibility index (Phi) is 5.40. The van der Waals surface area contributed by atoms with Gasteiger partial charge in [0.1, 0.15) is 0 Å². The average molecular weight is 306 g/mol. The summed E-state index contributed by atoms with van der Waals surface area (Å²) in [6.45, 7) is 5.47. The highest BCUT2D eigenvalue weighted by atomic mass is 35.5. The molecule has 4 N–H and O–H groups in total. The summed E-state index contributed by atoms with van der Waals surface area (Å²) in [5, 5.41) is 0. The Bertz CT molecular complexity index is 389. The predicted octanol–water partition coefficient (Wildman–Crippen LogP) is 0.0269. The molecule has 116 valence electrons. The van der Waals surface area contributed by atoms with Crippen molar-refractivity contribution in [2.24, 2.45) is 17.4 Å². The topological polar surface area (TPSA) is 98.6 Å². The highest BCUT2D eigenvalue weighted by molar-refractivity contribution is 5.87. The number of hydrogen-bond donors (Lipinski definition) is 2. The predicted molar refractivity (Wildman–Crippen MR) is 77.3 cm³/mol. The molecule has 2 fully saturated rings. The van der Waals surface area contributed by atoms with Gasteiger partial charge in [-0.05, 0) is 26.7 Å². The molecule has 2 amide bonds. The van der Waals surface area contributed by atoms with Crippen molar-refractivity contribution in [1.82, 2.24) is 4.90 Å². The minimum Gasteiger partial charge on any atom is -0.372 e. The Hall–Kier alpha value is -0.850. The fraction of sp³-hybridized carbons (Fsp3) is 0.846. The van der Waals surface area contributed by atoms with E-state index in [-0.39, 0.29) is 36.4 Å². The molecule has 3 atom stereocenters. The zero-order valence-corrected chi connectivity index (χ0v) is 12.8. The Morgan fingerprint density at radius 1 is 1.45 bits per heavy atom. The first-order valence-corrected chi connectivity index (χ1v) is 6.79. The van der Waals surface area contributed by atoms with Crippen LogP contribution in [0.15, 0.2) is 0 Å². The van der Waals surface area contributed by atoms with Crippen LogP contribution in [-0.2, 0) is 14.3 Å². The molecule has 0 bridgehead atoms. The number of amides is 2. The van der Waals surface area contributed by atoms with E-state index in [0.717, 1.165) is 12.8 Å². The molecule has 0 aromatic heterocycles. The van der Waals surface area contributed by atoms with E-state index < -0.39 is 11.9 Å². The standard InChI is InChI=1S/C13H23N3O3.ClH/c1-13(2)6-8-7-16(4-3-10(8)19-13)12(18)9(14)5-11(15)17;/h8-10H,3-7,14H2,1-2H3,(H2,15,17);1H/t8-,9-,10+;/m1./s1. The van der Waals surface area contributed by atoms with Crippen molar-refractivity contribution in [2.75, 3.05) is 13.1 Å². The Morgan fingerprint density at radius 2 is 2.10 bits per heavy atom. The van der Waals surface area contributed by atoms with Crippen LogP contribution in [0.3, 0.4) is 0 Å². The van der Waals surface area contributed by atoms with Gasteiger partial charge in [-0.25, -0.2) is 0 Å². The van der Waals surface area contributed by atoms with Gasteiger partial charge in [-0.3, -0.25) is 9.59 Å². The lowest BCUT2D eigenvalue weighted by Crippen LogP contribution is -2.51. The lowest BCUT2D eigenvalue weighted by Gasteiger charge is -2.35. The molecule has 2 aliphatic rings. The Morgan fingerprint density at radius 3 is 2.70 bits per heavy atom. The molecule has 0 aliphatic carbocycles. The van der Waals surface area contributed by atoms with E-state index in [1.165, 1.54) is 0 Å². The third-order valence-electron chi connectivity index (χ3n) is 3.94. The largest absolute Gasteiger partial charge is 0.372 e. The summed E-state index contributed by atoms with van der Waals surface area (Å²) in [4.78, 5) is 24.7. The summed E-state index contributed by atoms with van der Waals surface area (Å²) in [6, 6.07) is -0.815. The number of carbonyl (C=O) groups is 2. The number of nitrogens with two attached hydrogens (primary N) is 2. The Balaban J connectivity index is 0.00000200. The summed E-state index contributed by atoms with van der Waals surface area (Å²) in [5.41, 5.74) is 10.7. The molecule has 0 radical (unpaired) electrons. The van der Waals surface area contributed by atoms with Gasteiger partial charge in [-0.1, -0.05) is 0 Å². The van der Waals surface area contributed by atoms with E-state index in [1.54, 1.807) is 4.90 Å². The molecule has 0 saturated carbocycles. The first-order valence-electron chi connectivity index (χ1n) is 6.79.